The summed E-state index contributed by atoms with van der Waals surface area (Å²) in [5.74, 6) is -0.352. The Labute approximate surface area is 161 Å². The highest BCUT2D eigenvalue weighted by Crippen LogP contribution is 2.30. The molecule has 28 heavy (non-hydrogen) atoms. The molecule has 2 aromatic heterocycles. The number of fused-ring (bicyclic) bond motifs is 1. The fraction of sp³-hybridized carbons (Fsp3) is 0.211. The first kappa shape index (κ1) is 19.8. The van der Waals surface area contributed by atoms with E-state index in [1.807, 2.05) is 0 Å². The maximum absolute atomic E-state index is 12.8. The molecule has 9 heteroatoms. The van der Waals surface area contributed by atoms with Crippen LogP contribution in [-0.4, -0.2) is 22.5 Å². The van der Waals surface area contributed by atoms with Crippen LogP contribution in [0.4, 0.5) is 13.2 Å². The molecule has 0 aliphatic rings. The van der Waals surface area contributed by atoms with Crippen LogP contribution in [0, 0.1) is 6.92 Å². The van der Waals surface area contributed by atoms with Gasteiger partial charge in [0.1, 0.15) is 15.5 Å². The number of hydrogen-bond acceptors (Lipinski definition) is 5. The molecule has 0 saturated carbocycles. The number of carbonyl (C=O) groups is 1. The van der Waals surface area contributed by atoms with Gasteiger partial charge in [-0.05, 0) is 43.2 Å². The van der Waals surface area contributed by atoms with Gasteiger partial charge >= 0.3 is 12.1 Å². The number of rotatable bonds is 4. The van der Waals surface area contributed by atoms with Gasteiger partial charge in [0, 0.05) is 0 Å². The lowest BCUT2D eigenvalue weighted by molar-refractivity contribution is -0.137. The molecule has 0 atom stereocenters. The normalized spacial score (nSPS) is 12.0. The zero-order chi connectivity index (χ0) is 20.5. The quantitative estimate of drug-likeness (QED) is 0.638. The highest BCUT2D eigenvalue weighted by atomic mass is 32.1. The van der Waals surface area contributed by atoms with Crippen LogP contribution in [0.5, 0.6) is 0 Å². The van der Waals surface area contributed by atoms with Crippen molar-refractivity contribution < 1.29 is 22.7 Å². The van der Waals surface area contributed by atoms with Gasteiger partial charge in [-0.15, -0.1) is 11.3 Å². The molecule has 1 aromatic carbocycles. The van der Waals surface area contributed by atoms with Gasteiger partial charge in [-0.3, -0.25) is 4.79 Å². The maximum Gasteiger partial charge on any atom is 0.416 e. The number of hydrogen-bond donors (Lipinski definition) is 1. The fourth-order valence-corrected chi connectivity index (χ4v) is 3.71. The van der Waals surface area contributed by atoms with Gasteiger partial charge in [-0.1, -0.05) is 18.2 Å². The second kappa shape index (κ2) is 7.59. The summed E-state index contributed by atoms with van der Waals surface area (Å²) in [6.45, 7) is 3.53. The van der Waals surface area contributed by atoms with Gasteiger partial charge in [0.2, 0.25) is 0 Å². The molecule has 0 radical (unpaired) electrons. The lowest BCUT2D eigenvalue weighted by Gasteiger charge is -2.06. The number of nitrogens with zero attached hydrogens (tertiary/aromatic N) is 1. The third kappa shape index (κ3) is 3.99. The molecule has 3 rings (SSSR count). The number of benzene rings is 1. The summed E-state index contributed by atoms with van der Waals surface area (Å²) >= 11 is 1.04. The van der Waals surface area contributed by atoms with Crippen LogP contribution in [0.3, 0.4) is 0 Å². The minimum atomic E-state index is -4.44. The van der Waals surface area contributed by atoms with Crippen LogP contribution < -0.4 is 5.56 Å². The Hall–Kier alpha value is -2.94. The lowest BCUT2D eigenvalue weighted by Crippen LogP contribution is -2.10. The molecule has 0 spiro atoms. The lowest BCUT2D eigenvalue weighted by atomic mass is 10.1. The highest BCUT2D eigenvalue weighted by molar-refractivity contribution is 7.20. The van der Waals surface area contributed by atoms with Crippen molar-refractivity contribution in [3.05, 3.63) is 62.0 Å². The molecular weight excluding hydrogens is 393 g/mol. The molecule has 0 aliphatic carbocycles. The SMILES string of the molecule is CCOC(=O)c1sc2nc(C=Cc3cccc(C(F)(F)F)c3)[nH]c(=O)c2c1C. The van der Waals surface area contributed by atoms with Crippen molar-refractivity contribution in [2.45, 2.75) is 20.0 Å². The van der Waals surface area contributed by atoms with Crippen LogP contribution in [0.2, 0.25) is 0 Å². The molecule has 1 N–H and O–H groups in total. The van der Waals surface area contributed by atoms with Crippen molar-refractivity contribution in [1.29, 1.82) is 0 Å². The molecular formula is C19H15F3N2O3S. The predicted octanol–water partition coefficient (Wildman–Crippen LogP) is 4.66. The van der Waals surface area contributed by atoms with Crippen molar-refractivity contribution in [3.8, 4) is 0 Å². The van der Waals surface area contributed by atoms with E-state index in [4.69, 9.17) is 4.74 Å². The van der Waals surface area contributed by atoms with Gasteiger partial charge in [-0.2, -0.15) is 13.2 Å². The van der Waals surface area contributed by atoms with Gasteiger partial charge in [0.05, 0.1) is 17.6 Å². The molecule has 146 valence electrons. The van der Waals surface area contributed by atoms with Crippen molar-refractivity contribution in [3.63, 3.8) is 0 Å². The van der Waals surface area contributed by atoms with E-state index in [0.717, 1.165) is 23.5 Å². The number of nitrogens with one attached hydrogen (secondary N) is 1. The number of carbonyl (C=O) groups excluding carboxylic acids is 1. The van der Waals surface area contributed by atoms with Crippen molar-refractivity contribution in [1.82, 2.24) is 9.97 Å². The number of ether oxygens (including phenoxy) is 1. The number of aromatic amines is 1. The highest BCUT2D eigenvalue weighted by Gasteiger charge is 2.30. The number of alkyl halides is 3. The number of aromatic nitrogens is 2. The smallest absolute Gasteiger partial charge is 0.416 e. The molecule has 0 saturated heterocycles. The first-order valence-electron chi connectivity index (χ1n) is 8.26. The number of thiophene rings is 1. The largest absolute Gasteiger partial charge is 0.462 e. The van der Waals surface area contributed by atoms with E-state index in [1.165, 1.54) is 24.3 Å². The second-order valence-corrected chi connectivity index (χ2v) is 6.86. The summed E-state index contributed by atoms with van der Waals surface area (Å²) in [5.41, 5.74) is -0.398. The molecule has 2 heterocycles. The van der Waals surface area contributed by atoms with Gasteiger partial charge < -0.3 is 9.72 Å². The van der Waals surface area contributed by atoms with Crippen LogP contribution in [-0.2, 0) is 10.9 Å². The summed E-state index contributed by atoms with van der Waals surface area (Å²) in [5, 5.41) is 0.296. The predicted molar refractivity (Wildman–Crippen MR) is 101 cm³/mol. The molecule has 0 amide bonds. The van der Waals surface area contributed by atoms with Crippen LogP contribution in [0.15, 0.2) is 29.1 Å². The summed E-state index contributed by atoms with van der Waals surface area (Å²) in [6.07, 6.45) is -1.60. The Morgan fingerprint density at radius 2 is 2.07 bits per heavy atom. The molecule has 0 aliphatic heterocycles. The Kier molecular flexibility index (Phi) is 5.37. The molecule has 0 bridgehead atoms. The number of esters is 1. The topological polar surface area (TPSA) is 72.0 Å². The summed E-state index contributed by atoms with van der Waals surface area (Å²) in [7, 11) is 0. The van der Waals surface area contributed by atoms with Gasteiger partial charge in [0.15, 0.2) is 0 Å². The third-order valence-corrected chi connectivity index (χ3v) is 5.09. The van der Waals surface area contributed by atoms with Crippen LogP contribution >= 0.6 is 11.3 Å². The first-order valence-corrected chi connectivity index (χ1v) is 9.08. The number of halogens is 3. The van der Waals surface area contributed by atoms with E-state index in [9.17, 15) is 22.8 Å². The number of aryl methyl sites for hydroxylation is 1. The number of H-pyrrole nitrogens is 1. The summed E-state index contributed by atoms with van der Waals surface area (Å²) < 4.78 is 43.4. The van der Waals surface area contributed by atoms with Crippen LogP contribution in [0.1, 0.15) is 39.1 Å². The van der Waals surface area contributed by atoms with E-state index in [0.29, 0.717) is 26.2 Å². The van der Waals surface area contributed by atoms with Crippen molar-refractivity contribution in [2.24, 2.45) is 0 Å². The molecule has 3 aromatic rings. The Balaban J connectivity index is 1.98. The van der Waals surface area contributed by atoms with Crippen LogP contribution in [0.25, 0.3) is 22.4 Å². The Bertz CT molecular complexity index is 1130. The van der Waals surface area contributed by atoms with E-state index < -0.39 is 23.3 Å². The summed E-state index contributed by atoms with van der Waals surface area (Å²) in [4.78, 5) is 31.9. The monoisotopic (exact) mass is 408 g/mol. The minimum Gasteiger partial charge on any atom is -0.462 e. The Morgan fingerprint density at radius 1 is 1.32 bits per heavy atom. The average molecular weight is 408 g/mol. The van der Waals surface area contributed by atoms with E-state index in [1.54, 1.807) is 13.8 Å². The van der Waals surface area contributed by atoms with E-state index in [-0.39, 0.29) is 12.4 Å². The summed E-state index contributed by atoms with van der Waals surface area (Å²) in [6, 6.07) is 4.79. The van der Waals surface area contributed by atoms with Gasteiger partial charge in [-0.25, -0.2) is 9.78 Å². The zero-order valence-electron chi connectivity index (χ0n) is 14.9. The standard InChI is InChI=1S/C19H15F3N2O3S/c1-3-27-18(26)15-10(2)14-16(25)23-13(24-17(14)28-15)8-7-11-5-4-6-12(9-11)19(20,21)22/h4-9H,3H2,1-2H3,(H,23,24,25). The minimum absolute atomic E-state index is 0.173. The third-order valence-electron chi connectivity index (χ3n) is 3.93. The van der Waals surface area contributed by atoms with Crippen molar-refractivity contribution >= 4 is 39.7 Å². The average Bonchev–Trinajstić information content (AvgIpc) is 2.97. The van der Waals surface area contributed by atoms with E-state index in [2.05, 4.69) is 9.97 Å². The zero-order valence-corrected chi connectivity index (χ0v) is 15.7. The van der Waals surface area contributed by atoms with Crippen molar-refractivity contribution in [2.75, 3.05) is 6.61 Å². The van der Waals surface area contributed by atoms with E-state index >= 15 is 0 Å². The molecule has 0 unspecified atom stereocenters. The molecule has 0 fully saturated rings. The molecule has 5 nitrogen and oxygen atoms in total. The second-order valence-electron chi connectivity index (χ2n) is 5.86. The fourth-order valence-electron chi connectivity index (χ4n) is 2.62. The Morgan fingerprint density at radius 3 is 2.75 bits per heavy atom. The first-order chi connectivity index (χ1) is 13.2. The van der Waals surface area contributed by atoms with Gasteiger partial charge in [0.25, 0.3) is 5.56 Å². The maximum atomic E-state index is 12.8.